The molecule has 0 aliphatic carbocycles. The predicted molar refractivity (Wildman–Crippen MR) is 96.5 cm³/mol. The number of aryl methyl sites for hydroxylation is 3. The van der Waals surface area contributed by atoms with E-state index in [0.717, 1.165) is 53.1 Å². The first-order chi connectivity index (χ1) is 12.0. The fraction of sp³-hybridized carbons (Fsp3) is 0.400. The van der Waals surface area contributed by atoms with Crippen LogP contribution in [0.5, 0.6) is 0 Å². The maximum Gasteiger partial charge on any atom is 0.227 e. The Morgan fingerprint density at radius 1 is 1.36 bits per heavy atom. The largest absolute Gasteiger partial charge is 0.464 e. The lowest BCUT2D eigenvalue weighted by Crippen LogP contribution is -2.30. The molecule has 4 rings (SSSR count). The van der Waals surface area contributed by atoms with Crippen LogP contribution in [0.1, 0.15) is 35.0 Å². The maximum absolute atomic E-state index is 12.7. The van der Waals surface area contributed by atoms with E-state index >= 15 is 0 Å². The third kappa shape index (κ3) is 2.95. The summed E-state index contributed by atoms with van der Waals surface area (Å²) in [6, 6.07) is 6.11. The topological polar surface area (TPSA) is 51.3 Å². The van der Waals surface area contributed by atoms with Crippen molar-refractivity contribution < 1.29 is 9.21 Å². The van der Waals surface area contributed by atoms with Gasteiger partial charge in [-0.05, 0) is 31.9 Å². The Bertz CT molecular complexity index is 938. The second-order valence-corrected chi connectivity index (χ2v) is 7.11. The first-order valence-corrected chi connectivity index (χ1v) is 8.75. The van der Waals surface area contributed by atoms with Gasteiger partial charge in [0.05, 0.1) is 18.4 Å². The van der Waals surface area contributed by atoms with Crippen molar-refractivity contribution in [2.75, 3.05) is 13.1 Å². The SMILES string of the molecule is Cc1ccc2c(CC(=O)N3CC[C@@H](c4nc(C)cn4C)C3)coc2c1. The highest BCUT2D eigenvalue weighted by molar-refractivity contribution is 5.88. The third-order valence-corrected chi connectivity index (χ3v) is 5.09. The Kier molecular flexibility index (Phi) is 3.86. The molecule has 5 nitrogen and oxygen atoms in total. The second kappa shape index (κ2) is 6.06. The van der Waals surface area contributed by atoms with Crippen LogP contribution in [-0.4, -0.2) is 33.4 Å². The number of aromatic nitrogens is 2. The fourth-order valence-corrected chi connectivity index (χ4v) is 3.81. The van der Waals surface area contributed by atoms with Gasteiger partial charge in [-0.3, -0.25) is 4.79 Å². The Morgan fingerprint density at radius 2 is 2.20 bits per heavy atom. The van der Waals surface area contributed by atoms with Crippen LogP contribution < -0.4 is 0 Å². The van der Waals surface area contributed by atoms with Crippen LogP contribution in [0.2, 0.25) is 0 Å². The van der Waals surface area contributed by atoms with Crippen molar-refractivity contribution in [3.05, 3.63) is 53.3 Å². The number of amides is 1. The Labute approximate surface area is 147 Å². The molecule has 5 heteroatoms. The minimum atomic E-state index is 0.164. The number of rotatable bonds is 3. The number of carbonyl (C=O) groups is 1. The van der Waals surface area contributed by atoms with Gasteiger partial charge >= 0.3 is 0 Å². The van der Waals surface area contributed by atoms with Gasteiger partial charge < -0.3 is 13.9 Å². The van der Waals surface area contributed by atoms with E-state index in [-0.39, 0.29) is 5.91 Å². The van der Waals surface area contributed by atoms with Gasteiger partial charge in [0.2, 0.25) is 5.91 Å². The monoisotopic (exact) mass is 337 g/mol. The number of furan rings is 1. The van der Waals surface area contributed by atoms with Gasteiger partial charge in [0, 0.05) is 43.2 Å². The molecule has 1 amide bonds. The van der Waals surface area contributed by atoms with E-state index in [1.807, 2.05) is 44.1 Å². The van der Waals surface area contributed by atoms with Gasteiger partial charge in [0.1, 0.15) is 11.4 Å². The van der Waals surface area contributed by atoms with Crippen LogP contribution in [-0.2, 0) is 18.3 Å². The van der Waals surface area contributed by atoms with E-state index in [1.54, 1.807) is 6.26 Å². The zero-order valence-corrected chi connectivity index (χ0v) is 15.0. The number of hydrogen-bond acceptors (Lipinski definition) is 3. The van der Waals surface area contributed by atoms with E-state index in [0.29, 0.717) is 12.3 Å². The van der Waals surface area contributed by atoms with E-state index in [1.165, 1.54) is 0 Å². The zero-order valence-electron chi connectivity index (χ0n) is 15.0. The molecule has 3 heterocycles. The number of hydrogen-bond donors (Lipinski definition) is 0. The highest BCUT2D eigenvalue weighted by atomic mass is 16.3. The average molecular weight is 337 g/mol. The third-order valence-electron chi connectivity index (χ3n) is 5.09. The van der Waals surface area contributed by atoms with E-state index in [4.69, 9.17) is 4.42 Å². The van der Waals surface area contributed by atoms with E-state index < -0.39 is 0 Å². The summed E-state index contributed by atoms with van der Waals surface area (Å²) in [6.07, 6.45) is 5.13. The van der Waals surface area contributed by atoms with Crippen LogP contribution in [0.15, 0.2) is 35.1 Å². The van der Waals surface area contributed by atoms with Crippen LogP contribution in [0.4, 0.5) is 0 Å². The molecule has 0 unspecified atom stereocenters. The maximum atomic E-state index is 12.7. The lowest BCUT2D eigenvalue weighted by Gasteiger charge is -2.16. The van der Waals surface area contributed by atoms with Gasteiger partial charge in [0.25, 0.3) is 0 Å². The lowest BCUT2D eigenvalue weighted by molar-refractivity contribution is -0.129. The first-order valence-electron chi connectivity index (χ1n) is 8.75. The summed E-state index contributed by atoms with van der Waals surface area (Å²) in [6.45, 7) is 5.59. The summed E-state index contributed by atoms with van der Waals surface area (Å²) in [5.74, 6) is 1.57. The summed E-state index contributed by atoms with van der Waals surface area (Å²) < 4.78 is 7.70. The molecule has 1 aliphatic rings. The summed E-state index contributed by atoms with van der Waals surface area (Å²) in [7, 11) is 2.03. The van der Waals surface area contributed by atoms with Crippen molar-refractivity contribution in [2.45, 2.75) is 32.6 Å². The van der Waals surface area contributed by atoms with Gasteiger partial charge in [-0.25, -0.2) is 4.98 Å². The molecular weight excluding hydrogens is 314 g/mol. The lowest BCUT2D eigenvalue weighted by atomic mass is 10.1. The van der Waals surface area contributed by atoms with Crippen molar-refractivity contribution in [1.82, 2.24) is 14.5 Å². The van der Waals surface area contributed by atoms with Crippen LogP contribution in [0, 0.1) is 13.8 Å². The summed E-state index contributed by atoms with van der Waals surface area (Å²) in [5.41, 5.74) is 4.01. The molecule has 1 aromatic carbocycles. The molecule has 1 atom stereocenters. The van der Waals surface area contributed by atoms with E-state index in [9.17, 15) is 4.79 Å². The molecule has 0 N–H and O–H groups in total. The summed E-state index contributed by atoms with van der Waals surface area (Å²) in [5, 5.41) is 1.04. The van der Waals surface area contributed by atoms with Crippen LogP contribution >= 0.6 is 0 Å². The zero-order chi connectivity index (χ0) is 17.6. The highest BCUT2D eigenvalue weighted by Crippen LogP contribution is 2.28. The highest BCUT2D eigenvalue weighted by Gasteiger charge is 2.30. The van der Waals surface area contributed by atoms with Crippen molar-refractivity contribution >= 4 is 16.9 Å². The van der Waals surface area contributed by atoms with Crippen molar-refractivity contribution in [1.29, 1.82) is 0 Å². The number of imidazole rings is 1. The number of fused-ring (bicyclic) bond motifs is 1. The quantitative estimate of drug-likeness (QED) is 0.736. The number of carbonyl (C=O) groups excluding carboxylic acids is 1. The molecule has 1 fully saturated rings. The molecule has 130 valence electrons. The van der Waals surface area contributed by atoms with Gasteiger partial charge in [-0.1, -0.05) is 12.1 Å². The molecule has 3 aromatic rings. The molecule has 1 saturated heterocycles. The van der Waals surface area contributed by atoms with Crippen molar-refractivity contribution in [2.24, 2.45) is 7.05 Å². The molecule has 0 saturated carbocycles. The van der Waals surface area contributed by atoms with Crippen molar-refractivity contribution in [3.8, 4) is 0 Å². The van der Waals surface area contributed by atoms with Gasteiger partial charge in [-0.15, -0.1) is 0 Å². The number of likely N-dealkylation sites (tertiary alicyclic amines) is 1. The predicted octanol–water partition coefficient (Wildman–Crippen LogP) is 3.34. The van der Waals surface area contributed by atoms with Gasteiger partial charge in [-0.2, -0.15) is 0 Å². The Balaban J connectivity index is 1.47. The summed E-state index contributed by atoms with van der Waals surface area (Å²) >= 11 is 0. The molecule has 0 spiro atoms. The minimum absolute atomic E-state index is 0.164. The number of nitrogens with zero attached hydrogens (tertiary/aromatic N) is 3. The van der Waals surface area contributed by atoms with E-state index in [2.05, 4.69) is 15.6 Å². The Morgan fingerprint density at radius 3 is 2.96 bits per heavy atom. The molecule has 1 aliphatic heterocycles. The number of benzene rings is 1. The smallest absolute Gasteiger partial charge is 0.227 e. The average Bonchev–Trinajstić information content (AvgIpc) is 3.26. The molecule has 25 heavy (non-hydrogen) atoms. The van der Waals surface area contributed by atoms with Crippen LogP contribution in [0.25, 0.3) is 11.0 Å². The van der Waals surface area contributed by atoms with Gasteiger partial charge in [0.15, 0.2) is 0 Å². The fourth-order valence-electron chi connectivity index (χ4n) is 3.81. The normalized spacial score (nSPS) is 17.6. The summed E-state index contributed by atoms with van der Waals surface area (Å²) in [4.78, 5) is 19.3. The minimum Gasteiger partial charge on any atom is -0.464 e. The molecular formula is C20H23N3O2. The molecule has 0 radical (unpaired) electrons. The molecule has 2 aromatic heterocycles. The molecule has 0 bridgehead atoms. The Hall–Kier alpha value is -2.56. The van der Waals surface area contributed by atoms with Crippen LogP contribution in [0.3, 0.4) is 0 Å². The standard InChI is InChI=1S/C20H23N3O2/c1-13-4-5-17-16(12-25-18(17)8-13)9-19(24)23-7-6-15(11-23)20-21-14(2)10-22(20)3/h4-5,8,10,12,15H,6-7,9,11H2,1-3H3/t15-/m1/s1. The van der Waals surface area contributed by atoms with Crippen molar-refractivity contribution in [3.63, 3.8) is 0 Å². The second-order valence-electron chi connectivity index (χ2n) is 7.11. The first kappa shape index (κ1) is 15.9.